The molecule has 0 aliphatic heterocycles. The van der Waals surface area contributed by atoms with Crippen LogP contribution in [-0.2, 0) is 9.53 Å². The standard InChI is InChI=1S/C10H14N2O5/c1-3-16-9(15)7-6-17-10(11-7)12(2)5-4-8(13)14/h6H,3-5H2,1-2H3,(H,13,14). The molecule has 1 heterocycles. The number of carbonyl (C=O) groups excluding carboxylic acids is 1. The second-order valence-corrected chi connectivity index (χ2v) is 3.30. The number of anilines is 1. The summed E-state index contributed by atoms with van der Waals surface area (Å²) in [6.45, 7) is 2.20. The molecule has 0 unspecified atom stereocenters. The van der Waals surface area contributed by atoms with Gasteiger partial charge >= 0.3 is 11.9 Å². The molecule has 94 valence electrons. The minimum absolute atomic E-state index is 0.0341. The van der Waals surface area contributed by atoms with Crippen LogP contribution in [0.5, 0.6) is 0 Å². The number of rotatable bonds is 6. The summed E-state index contributed by atoms with van der Waals surface area (Å²) in [6, 6.07) is 0.189. The Balaban J connectivity index is 2.60. The van der Waals surface area contributed by atoms with Gasteiger partial charge in [0.2, 0.25) is 0 Å². The van der Waals surface area contributed by atoms with Gasteiger partial charge in [-0.3, -0.25) is 4.79 Å². The van der Waals surface area contributed by atoms with Crippen LogP contribution in [0.2, 0.25) is 0 Å². The van der Waals surface area contributed by atoms with E-state index < -0.39 is 11.9 Å². The number of carboxylic acids is 1. The number of hydrogen-bond donors (Lipinski definition) is 1. The summed E-state index contributed by atoms with van der Waals surface area (Å²) in [4.78, 5) is 27.1. The average Bonchev–Trinajstić information content (AvgIpc) is 2.75. The van der Waals surface area contributed by atoms with Gasteiger partial charge in [-0.2, -0.15) is 4.98 Å². The van der Waals surface area contributed by atoms with Crippen molar-refractivity contribution in [3.63, 3.8) is 0 Å². The summed E-state index contributed by atoms with van der Waals surface area (Å²) < 4.78 is 9.79. The number of hydrogen-bond acceptors (Lipinski definition) is 6. The summed E-state index contributed by atoms with van der Waals surface area (Å²) in [5.41, 5.74) is 0.0732. The summed E-state index contributed by atoms with van der Waals surface area (Å²) in [7, 11) is 1.63. The zero-order valence-electron chi connectivity index (χ0n) is 9.67. The highest BCUT2D eigenvalue weighted by Crippen LogP contribution is 2.12. The molecule has 1 aromatic rings. The van der Waals surface area contributed by atoms with E-state index in [2.05, 4.69) is 4.98 Å². The molecule has 0 saturated carbocycles. The van der Waals surface area contributed by atoms with Crippen LogP contribution in [0, 0.1) is 0 Å². The van der Waals surface area contributed by atoms with Gasteiger partial charge in [0.25, 0.3) is 6.01 Å². The lowest BCUT2D eigenvalue weighted by atomic mass is 10.4. The van der Waals surface area contributed by atoms with Crippen molar-refractivity contribution < 1.29 is 23.8 Å². The Morgan fingerprint density at radius 3 is 2.88 bits per heavy atom. The molecule has 0 saturated heterocycles. The second-order valence-electron chi connectivity index (χ2n) is 3.30. The van der Waals surface area contributed by atoms with E-state index in [1.807, 2.05) is 0 Å². The highest BCUT2D eigenvalue weighted by atomic mass is 16.5. The Morgan fingerprint density at radius 2 is 2.29 bits per heavy atom. The van der Waals surface area contributed by atoms with E-state index in [0.717, 1.165) is 0 Å². The number of aliphatic carboxylic acids is 1. The topological polar surface area (TPSA) is 92.9 Å². The maximum absolute atomic E-state index is 11.3. The third-order valence-electron chi connectivity index (χ3n) is 1.96. The maximum Gasteiger partial charge on any atom is 0.360 e. The third-order valence-corrected chi connectivity index (χ3v) is 1.96. The van der Waals surface area contributed by atoms with E-state index in [-0.39, 0.29) is 31.3 Å². The molecule has 0 spiro atoms. The second kappa shape index (κ2) is 5.88. The first-order valence-electron chi connectivity index (χ1n) is 5.10. The SMILES string of the molecule is CCOC(=O)c1coc(N(C)CCC(=O)O)n1. The highest BCUT2D eigenvalue weighted by molar-refractivity contribution is 5.87. The van der Waals surface area contributed by atoms with E-state index in [1.165, 1.54) is 11.2 Å². The van der Waals surface area contributed by atoms with Gasteiger partial charge < -0.3 is 19.2 Å². The van der Waals surface area contributed by atoms with Gasteiger partial charge in [-0.05, 0) is 6.92 Å². The molecule has 0 amide bonds. The van der Waals surface area contributed by atoms with E-state index in [9.17, 15) is 9.59 Å². The lowest BCUT2D eigenvalue weighted by molar-refractivity contribution is -0.136. The van der Waals surface area contributed by atoms with Gasteiger partial charge in [0.15, 0.2) is 5.69 Å². The summed E-state index contributed by atoms with van der Waals surface area (Å²) in [6.07, 6.45) is 1.15. The number of oxazole rings is 1. The Labute approximate surface area is 98.0 Å². The predicted molar refractivity (Wildman–Crippen MR) is 58.0 cm³/mol. The first-order chi connectivity index (χ1) is 8.04. The van der Waals surface area contributed by atoms with Crippen molar-refractivity contribution >= 4 is 18.0 Å². The van der Waals surface area contributed by atoms with Crippen molar-refractivity contribution in [2.45, 2.75) is 13.3 Å². The predicted octanol–water partition coefficient (Wildman–Crippen LogP) is 0.762. The van der Waals surface area contributed by atoms with Gasteiger partial charge in [-0.15, -0.1) is 0 Å². The monoisotopic (exact) mass is 242 g/mol. The minimum atomic E-state index is -0.908. The highest BCUT2D eigenvalue weighted by Gasteiger charge is 2.15. The van der Waals surface area contributed by atoms with Crippen LogP contribution < -0.4 is 4.90 Å². The molecule has 0 bridgehead atoms. The normalized spacial score (nSPS) is 10.0. The van der Waals surface area contributed by atoms with E-state index in [1.54, 1.807) is 14.0 Å². The number of esters is 1. The maximum atomic E-state index is 11.3. The van der Waals surface area contributed by atoms with Crippen LogP contribution in [0.1, 0.15) is 23.8 Å². The van der Waals surface area contributed by atoms with Crippen LogP contribution in [0.3, 0.4) is 0 Å². The molecule has 0 atom stereocenters. The molecule has 0 radical (unpaired) electrons. The quantitative estimate of drug-likeness (QED) is 0.736. The van der Waals surface area contributed by atoms with Crippen molar-refractivity contribution in [1.82, 2.24) is 4.98 Å². The van der Waals surface area contributed by atoms with Gasteiger partial charge in [0.05, 0.1) is 13.0 Å². The van der Waals surface area contributed by atoms with Crippen LogP contribution in [-0.4, -0.2) is 42.2 Å². The zero-order chi connectivity index (χ0) is 12.8. The minimum Gasteiger partial charge on any atom is -0.481 e. The van der Waals surface area contributed by atoms with Crippen molar-refractivity contribution in [1.29, 1.82) is 0 Å². The van der Waals surface area contributed by atoms with Crippen LogP contribution in [0.15, 0.2) is 10.7 Å². The van der Waals surface area contributed by atoms with Crippen LogP contribution in [0.25, 0.3) is 0 Å². The number of nitrogens with zero attached hydrogens (tertiary/aromatic N) is 2. The van der Waals surface area contributed by atoms with E-state index in [0.29, 0.717) is 0 Å². The third kappa shape index (κ3) is 3.78. The first-order valence-corrected chi connectivity index (χ1v) is 5.10. The molecule has 0 fully saturated rings. The van der Waals surface area contributed by atoms with E-state index in [4.69, 9.17) is 14.3 Å². The zero-order valence-corrected chi connectivity index (χ0v) is 9.67. The molecule has 0 aliphatic rings. The van der Waals surface area contributed by atoms with Crippen molar-refractivity contribution in [2.75, 3.05) is 25.1 Å². The van der Waals surface area contributed by atoms with Crippen molar-refractivity contribution in [2.24, 2.45) is 0 Å². The molecule has 7 heteroatoms. The molecule has 17 heavy (non-hydrogen) atoms. The number of carbonyl (C=O) groups is 2. The molecular formula is C10H14N2O5. The number of ether oxygens (including phenoxy) is 1. The van der Waals surface area contributed by atoms with Gasteiger partial charge in [-0.1, -0.05) is 0 Å². The van der Waals surface area contributed by atoms with Crippen molar-refractivity contribution in [3.8, 4) is 0 Å². The van der Waals surface area contributed by atoms with Gasteiger partial charge in [0.1, 0.15) is 6.26 Å². The Morgan fingerprint density at radius 1 is 1.59 bits per heavy atom. The van der Waals surface area contributed by atoms with Gasteiger partial charge in [-0.25, -0.2) is 4.79 Å². The molecule has 1 aromatic heterocycles. The van der Waals surface area contributed by atoms with Crippen LogP contribution >= 0.6 is 0 Å². The lowest BCUT2D eigenvalue weighted by Crippen LogP contribution is -2.21. The molecule has 0 aromatic carbocycles. The van der Waals surface area contributed by atoms with Crippen molar-refractivity contribution in [3.05, 3.63) is 12.0 Å². The lowest BCUT2D eigenvalue weighted by Gasteiger charge is -2.11. The summed E-state index contributed by atoms with van der Waals surface area (Å²) in [5, 5.41) is 8.52. The average molecular weight is 242 g/mol. The summed E-state index contributed by atoms with van der Waals surface area (Å²) in [5.74, 6) is -1.47. The smallest absolute Gasteiger partial charge is 0.360 e. The number of aromatic nitrogens is 1. The fourth-order valence-electron chi connectivity index (χ4n) is 1.10. The fourth-order valence-corrected chi connectivity index (χ4v) is 1.10. The number of carboxylic acid groups (broad SMARTS) is 1. The Hall–Kier alpha value is -2.05. The summed E-state index contributed by atoms with van der Waals surface area (Å²) >= 11 is 0. The Bertz CT molecular complexity index is 401. The molecule has 7 nitrogen and oxygen atoms in total. The Kier molecular flexibility index (Phi) is 4.50. The largest absolute Gasteiger partial charge is 0.481 e. The van der Waals surface area contributed by atoms with Crippen LogP contribution in [0.4, 0.5) is 6.01 Å². The first kappa shape index (κ1) is 13.0. The fraction of sp³-hybridized carbons (Fsp3) is 0.500. The van der Waals surface area contributed by atoms with E-state index >= 15 is 0 Å². The van der Waals surface area contributed by atoms with Gasteiger partial charge in [0, 0.05) is 13.6 Å². The molecule has 0 aliphatic carbocycles. The molecule has 1 rings (SSSR count). The molecular weight excluding hydrogens is 228 g/mol. The molecule has 1 N–H and O–H groups in total.